The first-order chi connectivity index (χ1) is 11.2. The van der Waals surface area contributed by atoms with E-state index in [1.54, 1.807) is 0 Å². The van der Waals surface area contributed by atoms with E-state index in [1.807, 2.05) is 0 Å². The number of carbonyl (C=O) groups excluding carboxylic acids is 2. The largest absolute Gasteiger partial charge is 0.748 e. The number of anilines is 1. The van der Waals surface area contributed by atoms with Crippen LogP contribution in [0.2, 0.25) is 5.02 Å². The van der Waals surface area contributed by atoms with Gasteiger partial charge in [-0.15, -0.1) is 0 Å². The monoisotopic (exact) mass is 374 g/mol. The summed E-state index contributed by atoms with van der Waals surface area (Å²) in [5.41, 5.74) is 0.0969. The summed E-state index contributed by atoms with van der Waals surface area (Å²) in [5, 5.41) is 9.99. The van der Waals surface area contributed by atoms with Crippen LogP contribution in [-0.4, -0.2) is 38.5 Å². The van der Waals surface area contributed by atoms with Crippen molar-refractivity contribution in [2.24, 2.45) is 11.8 Å². The summed E-state index contributed by atoms with van der Waals surface area (Å²) in [6, 6.07) is 3.79. The van der Waals surface area contributed by atoms with Gasteiger partial charge in [0.25, 0.3) is 0 Å². The molecule has 10 heteroatoms. The molecule has 2 unspecified atom stereocenters. The third-order valence-corrected chi connectivity index (χ3v) is 4.19. The summed E-state index contributed by atoms with van der Waals surface area (Å²) in [4.78, 5) is 35.8. The van der Waals surface area contributed by atoms with E-state index < -0.39 is 34.8 Å². The van der Waals surface area contributed by atoms with Gasteiger partial charge >= 0.3 is 5.97 Å². The van der Waals surface area contributed by atoms with Gasteiger partial charge in [0.05, 0.1) is 10.7 Å². The molecule has 8 nitrogen and oxygen atoms in total. The Balaban J connectivity index is 2.27. The summed E-state index contributed by atoms with van der Waals surface area (Å²) >= 11 is 3.20. The van der Waals surface area contributed by atoms with Gasteiger partial charge < -0.3 is 9.66 Å². The fourth-order valence-electron chi connectivity index (χ4n) is 2.16. The summed E-state index contributed by atoms with van der Waals surface area (Å²) in [7, 11) is 1.31. The van der Waals surface area contributed by atoms with Crippen molar-refractivity contribution < 1.29 is 32.5 Å². The van der Waals surface area contributed by atoms with Crippen LogP contribution < -0.4 is 5.06 Å². The molecule has 0 heterocycles. The first-order valence-electron chi connectivity index (χ1n) is 6.84. The van der Waals surface area contributed by atoms with Crippen molar-refractivity contribution >= 4 is 46.2 Å². The molecule has 1 aromatic rings. The number of carboxylic acid groups (broad SMARTS) is 1. The van der Waals surface area contributed by atoms with E-state index >= 15 is 0 Å². The Kier molecular flexibility index (Phi) is 5.70. The van der Waals surface area contributed by atoms with E-state index in [9.17, 15) is 28.3 Å². The zero-order valence-corrected chi connectivity index (χ0v) is 14.0. The maximum Gasteiger partial charge on any atom is 0.322 e. The fraction of sp³-hybridized carbons (Fsp3) is 0.357. The van der Waals surface area contributed by atoms with Crippen molar-refractivity contribution in [1.29, 1.82) is 0 Å². The maximum atomic E-state index is 12.4. The van der Waals surface area contributed by atoms with E-state index in [0.717, 1.165) is 5.06 Å². The van der Waals surface area contributed by atoms with E-state index in [1.165, 1.54) is 25.2 Å². The molecule has 1 fully saturated rings. The molecular formula is C14H13ClNO7S-. The lowest BCUT2D eigenvalue weighted by molar-refractivity contribution is -0.144. The fourth-order valence-corrected chi connectivity index (χ4v) is 2.69. The molecule has 0 radical (unpaired) electrons. The molecule has 2 atom stereocenters. The van der Waals surface area contributed by atoms with Crippen LogP contribution in [0.15, 0.2) is 18.2 Å². The molecule has 0 aliphatic heterocycles. The lowest BCUT2D eigenvalue weighted by Gasteiger charge is -2.20. The molecule has 2 rings (SSSR count). The number of ketones is 2. The standard InChI is InChI=1S/C14H14ClNO7S/c1-16(23-24(21)22)8-4-5-9(10(15)6-8)13(18)11(14(19)20)12(17)7-2-3-7/h4-7,11H,2-3H2,1H3,(H,19,20)(H,21,22)/p-1. The third kappa shape index (κ3) is 4.18. The predicted octanol–water partition coefficient (Wildman–Crippen LogP) is 1.36. The molecule has 0 bridgehead atoms. The van der Waals surface area contributed by atoms with Crippen LogP contribution in [0, 0.1) is 11.8 Å². The van der Waals surface area contributed by atoms with Crippen LogP contribution in [0.5, 0.6) is 0 Å². The summed E-state index contributed by atoms with van der Waals surface area (Å²) < 4.78 is 25.4. The van der Waals surface area contributed by atoms with Crippen molar-refractivity contribution in [3.8, 4) is 0 Å². The quantitative estimate of drug-likeness (QED) is 0.313. The van der Waals surface area contributed by atoms with Crippen LogP contribution in [-0.2, 0) is 25.2 Å². The Labute approximate surface area is 144 Å². The number of hydrogen-bond donors (Lipinski definition) is 1. The summed E-state index contributed by atoms with van der Waals surface area (Å²) in [5.74, 6) is -5.20. The van der Waals surface area contributed by atoms with Gasteiger partial charge in [-0.3, -0.25) is 14.4 Å². The highest BCUT2D eigenvalue weighted by molar-refractivity contribution is 7.74. The highest BCUT2D eigenvalue weighted by atomic mass is 35.5. The molecule has 1 aliphatic carbocycles. The van der Waals surface area contributed by atoms with E-state index in [4.69, 9.17) is 11.6 Å². The molecule has 1 saturated carbocycles. The number of hydrogen-bond acceptors (Lipinski definition) is 7. The number of aliphatic carboxylic acids is 1. The minimum absolute atomic E-state index is 0.112. The Morgan fingerprint density at radius 1 is 1.42 bits per heavy atom. The van der Waals surface area contributed by atoms with Crippen LogP contribution in [0.1, 0.15) is 23.2 Å². The molecule has 1 aromatic carbocycles. The van der Waals surface area contributed by atoms with E-state index in [2.05, 4.69) is 4.28 Å². The summed E-state index contributed by atoms with van der Waals surface area (Å²) in [6.07, 6.45) is 1.16. The van der Waals surface area contributed by atoms with Crippen molar-refractivity contribution in [1.82, 2.24) is 0 Å². The minimum Gasteiger partial charge on any atom is -0.748 e. The van der Waals surface area contributed by atoms with Crippen molar-refractivity contribution in [3.63, 3.8) is 0 Å². The molecule has 1 N–H and O–H groups in total. The van der Waals surface area contributed by atoms with Gasteiger partial charge in [-0.05, 0) is 31.0 Å². The third-order valence-electron chi connectivity index (χ3n) is 3.53. The van der Waals surface area contributed by atoms with Crippen molar-refractivity contribution in [3.05, 3.63) is 28.8 Å². The first-order valence-corrected chi connectivity index (χ1v) is 8.22. The van der Waals surface area contributed by atoms with Gasteiger partial charge in [-0.25, -0.2) is 9.27 Å². The molecule has 130 valence electrons. The average Bonchev–Trinajstić information content (AvgIpc) is 3.30. The van der Waals surface area contributed by atoms with E-state index in [-0.39, 0.29) is 22.2 Å². The van der Waals surface area contributed by atoms with Crippen LogP contribution in [0.4, 0.5) is 5.69 Å². The van der Waals surface area contributed by atoms with Gasteiger partial charge in [0.2, 0.25) is 0 Å². The Hall–Kier alpha value is -1.81. The number of carboxylic acids is 1. The number of Topliss-reactive ketones (excluding diaryl/α,β-unsaturated/α-hetero) is 2. The number of benzene rings is 1. The van der Waals surface area contributed by atoms with Gasteiger partial charge in [-0.2, -0.15) is 4.28 Å². The average molecular weight is 375 g/mol. The zero-order chi connectivity index (χ0) is 18.0. The highest BCUT2D eigenvalue weighted by Gasteiger charge is 2.43. The lowest BCUT2D eigenvalue weighted by atomic mass is 9.91. The van der Waals surface area contributed by atoms with E-state index in [0.29, 0.717) is 12.8 Å². The van der Waals surface area contributed by atoms with Crippen molar-refractivity contribution in [2.45, 2.75) is 12.8 Å². The second kappa shape index (κ2) is 7.39. The number of rotatable bonds is 8. The second-order valence-electron chi connectivity index (χ2n) is 5.25. The molecule has 0 amide bonds. The Morgan fingerprint density at radius 2 is 2.04 bits per heavy atom. The van der Waals surface area contributed by atoms with Crippen LogP contribution >= 0.6 is 11.6 Å². The number of nitrogens with zero attached hydrogens (tertiary/aromatic N) is 1. The minimum atomic E-state index is -2.79. The number of halogens is 1. The lowest BCUT2D eigenvalue weighted by Crippen LogP contribution is -2.33. The molecule has 1 aliphatic rings. The molecular weight excluding hydrogens is 362 g/mol. The number of hydroxylamine groups is 1. The Bertz CT molecular complexity index is 719. The molecule has 0 aromatic heterocycles. The number of carbonyl (C=O) groups is 3. The second-order valence-corrected chi connectivity index (χ2v) is 6.22. The first kappa shape index (κ1) is 18.5. The predicted molar refractivity (Wildman–Crippen MR) is 83.0 cm³/mol. The maximum absolute atomic E-state index is 12.4. The molecule has 0 saturated heterocycles. The Morgan fingerprint density at radius 3 is 2.50 bits per heavy atom. The normalized spacial score (nSPS) is 16.3. The topological polar surface area (TPSA) is 124 Å². The molecule has 0 spiro atoms. The SMILES string of the molecule is CN(OS(=O)[O-])c1ccc(C(=O)C(C(=O)O)C(=O)C2CC2)c(Cl)c1. The van der Waals surface area contributed by atoms with Crippen LogP contribution in [0.3, 0.4) is 0 Å². The summed E-state index contributed by atoms with van der Waals surface area (Å²) in [6.45, 7) is 0. The zero-order valence-electron chi connectivity index (χ0n) is 12.4. The highest BCUT2D eigenvalue weighted by Crippen LogP contribution is 2.34. The van der Waals surface area contributed by atoms with Crippen LogP contribution in [0.25, 0.3) is 0 Å². The van der Waals surface area contributed by atoms with Gasteiger partial charge in [0.15, 0.2) is 17.5 Å². The van der Waals surface area contributed by atoms with Gasteiger partial charge in [-0.1, -0.05) is 11.6 Å². The molecule has 24 heavy (non-hydrogen) atoms. The smallest absolute Gasteiger partial charge is 0.322 e. The van der Waals surface area contributed by atoms with Gasteiger partial charge in [0, 0.05) is 18.5 Å². The van der Waals surface area contributed by atoms with Crippen molar-refractivity contribution in [2.75, 3.05) is 12.1 Å². The van der Waals surface area contributed by atoms with Gasteiger partial charge in [0.1, 0.15) is 11.4 Å².